The molecule has 1 saturated heterocycles. The normalized spacial score (nSPS) is 14.9. The molecule has 140 valence electrons. The van der Waals surface area contributed by atoms with Crippen LogP contribution in [0.3, 0.4) is 0 Å². The van der Waals surface area contributed by atoms with Gasteiger partial charge in [0.1, 0.15) is 11.6 Å². The summed E-state index contributed by atoms with van der Waals surface area (Å²) in [5.74, 6) is -0.195. The summed E-state index contributed by atoms with van der Waals surface area (Å²) in [6, 6.07) is 20.2. The van der Waals surface area contributed by atoms with E-state index in [0.29, 0.717) is 13.1 Å². The highest BCUT2D eigenvalue weighted by Crippen LogP contribution is 2.25. The van der Waals surface area contributed by atoms with Gasteiger partial charge in [-0.15, -0.1) is 0 Å². The highest BCUT2D eigenvalue weighted by molar-refractivity contribution is 6.04. The summed E-state index contributed by atoms with van der Waals surface area (Å²) in [6.45, 7) is 4.71. The van der Waals surface area contributed by atoms with Gasteiger partial charge in [0.2, 0.25) is 0 Å². The molecule has 2 aromatic carbocycles. The number of rotatable bonds is 3. The van der Waals surface area contributed by atoms with Crippen molar-refractivity contribution in [2.24, 2.45) is 0 Å². The van der Waals surface area contributed by atoms with Crippen LogP contribution in [0, 0.1) is 18.3 Å². The van der Waals surface area contributed by atoms with Crippen molar-refractivity contribution in [2.75, 3.05) is 31.1 Å². The number of carbonyl (C=O) groups excluding carboxylic acids is 1. The number of piperazine rings is 1. The number of fused-ring (bicyclic) bond motifs is 1. The van der Waals surface area contributed by atoms with Crippen LogP contribution in [0.1, 0.15) is 11.3 Å². The zero-order valence-electron chi connectivity index (χ0n) is 15.9. The van der Waals surface area contributed by atoms with Crippen LogP contribution < -0.4 is 4.90 Å². The number of nitrogens with one attached hydrogen (secondary N) is 1. The lowest BCUT2D eigenvalue weighted by Crippen LogP contribution is -2.49. The predicted octanol–water partition coefficient (Wildman–Crippen LogP) is 3.73. The molecule has 0 spiro atoms. The minimum Gasteiger partial charge on any atom is -0.368 e. The van der Waals surface area contributed by atoms with E-state index >= 15 is 0 Å². The number of amides is 1. The number of hydrogen-bond acceptors (Lipinski definition) is 3. The molecule has 0 atom stereocenters. The fourth-order valence-electron chi connectivity index (χ4n) is 3.75. The Morgan fingerprint density at radius 2 is 1.71 bits per heavy atom. The van der Waals surface area contributed by atoms with Crippen molar-refractivity contribution in [3.05, 3.63) is 71.4 Å². The molecular weight excluding hydrogens is 348 g/mol. The summed E-state index contributed by atoms with van der Waals surface area (Å²) in [5, 5.41) is 10.7. The summed E-state index contributed by atoms with van der Waals surface area (Å²) >= 11 is 0. The largest absolute Gasteiger partial charge is 0.368 e. The van der Waals surface area contributed by atoms with Crippen molar-refractivity contribution in [1.29, 1.82) is 5.26 Å². The van der Waals surface area contributed by atoms with Gasteiger partial charge in [0.25, 0.3) is 5.91 Å². The summed E-state index contributed by atoms with van der Waals surface area (Å²) in [6.07, 6.45) is 1.72. The number of nitriles is 1. The Morgan fingerprint density at radius 3 is 2.43 bits per heavy atom. The van der Waals surface area contributed by atoms with Gasteiger partial charge < -0.3 is 14.8 Å². The average molecular weight is 370 g/mol. The Kier molecular flexibility index (Phi) is 4.86. The number of aryl methyl sites for hydroxylation is 1. The molecule has 0 bridgehead atoms. The van der Waals surface area contributed by atoms with Gasteiger partial charge in [-0.3, -0.25) is 4.79 Å². The molecule has 0 unspecified atom stereocenters. The van der Waals surface area contributed by atoms with Crippen LogP contribution in [0.25, 0.3) is 17.0 Å². The number of hydrogen-bond donors (Lipinski definition) is 1. The van der Waals surface area contributed by atoms with E-state index in [9.17, 15) is 10.1 Å². The molecule has 2 heterocycles. The minimum atomic E-state index is -0.195. The molecule has 5 heteroatoms. The van der Waals surface area contributed by atoms with Crippen molar-refractivity contribution in [2.45, 2.75) is 6.92 Å². The van der Waals surface area contributed by atoms with Gasteiger partial charge in [-0.2, -0.15) is 5.26 Å². The first-order chi connectivity index (χ1) is 13.7. The van der Waals surface area contributed by atoms with E-state index in [0.717, 1.165) is 35.2 Å². The lowest BCUT2D eigenvalue weighted by atomic mass is 10.1. The van der Waals surface area contributed by atoms with E-state index in [1.807, 2.05) is 49.4 Å². The topological polar surface area (TPSA) is 63.1 Å². The number of benzene rings is 2. The van der Waals surface area contributed by atoms with Gasteiger partial charge in [0.05, 0.1) is 0 Å². The lowest BCUT2D eigenvalue weighted by molar-refractivity contribution is -0.126. The smallest absolute Gasteiger partial charge is 0.264 e. The maximum Gasteiger partial charge on any atom is 0.264 e. The molecule has 5 nitrogen and oxygen atoms in total. The third-order valence-electron chi connectivity index (χ3n) is 5.27. The monoisotopic (exact) mass is 370 g/mol. The Bertz CT molecular complexity index is 1070. The fraction of sp³-hybridized carbons (Fsp3) is 0.217. The zero-order chi connectivity index (χ0) is 19.5. The van der Waals surface area contributed by atoms with Crippen molar-refractivity contribution < 1.29 is 4.79 Å². The molecule has 0 aliphatic carbocycles. The second-order valence-corrected chi connectivity index (χ2v) is 6.99. The SMILES string of the molecule is Cc1[nH]c2ccccc2c1/C=C(/C#N)C(=O)N1CCN(c2ccccc2)CC1. The van der Waals surface area contributed by atoms with Crippen LogP contribution in [0.15, 0.2) is 60.2 Å². The van der Waals surface area contributed by atoms with Gasteiger partial charge in [0.15, 0.2) is 0 Å². The van der Waals surface area contributed by atoms with Crippen LogP contribution in [0.2, 0.25) is 0 Å². The van der Waals surface area contributed by atoms with Crippen LogP contribution in [0.5, 0.6) is 0 Å². The Balaban J connectivity index is 1.53. The number of para-hydroxylation sites is 2. The molecule has 0 radical (unpaired) electrons. The van der Waals surface area contributed by atoms with Crippen LogP contribution in [-0.2, 0) is 4.79 Å². The second kappa shape index (κ2) is 7.61. The van der Waals surface area contributed by atoms with Crippen molar-refractivity contribution in [3.63, 3.8) is 0 Å². The molecule has 1 N–H and O–H groups in total. The first-order valence-corrected chi connectivity index (χ1v) is 9.46. The van der Waals surface area contributed by atoms with E-state index in [2.05, 4.69) is 28.1 Å². The molecule has 3 aromatic rings. The van der Waals surface area contributed by atoms with E-state index in [-0.39, 0.29) is 11.5 Å². The molecule has 0 saturated carbocycles. The Morgan fingerprint density at radius 1 is 1.04 bits per heavy atom. The van der Waals surface area contributed by atoms with Crippen molar-refractivity contribution in [1.82, 2.24) is 9.88 Å². The lowest BCUT2D eigenvalue weighted by Gasteiger charge is -2.36. The highest BCUT2D eigenvalue weighted by atomic mass is 16.2. The molecule has 1 aromatic heterocycles. The van der Waals surface area contributed by atoms with Gasteiger partial charge in [-0.25, -0.2) is 0 Å². The van der Waals surface area contributed by atoms with Crippen molar-refractivity contribution >= 4 is 28.6 Å². The first kappa shape index (κ1) is 17.9. The molecule has 4 rings (SSSR count). The van der Waals surface area contributed by atoms with Crippen LogP contribution >= 0.6 is 0 Å². The van der Waals surface area contributed by atoms with Gasteiger partial charge >= 0.3 is 0 Å². The Labute approximate surface area is 164 Å². The van der Waals surface area contributed by atoms with E-state index in [1.54, 1.807) is 11.0 Å². The van der Waals surface area contributed by atoms with Gasteiger partial charge in [-0.1, -0.05) is 36.4 Å². The molecular formula is C23H22N4O. The number of nitrogens with zero attached hydrogens (tertiary/aromatic N) is 3. The van der Waals surface area contributed by atoms with Crippen molar-refractivity contribution in [3.8, 4) is 6.07 Å². The number of H-pyrrole nitrogens is 1. The molecule has 1 aliphatic heterocycles. The second-order valence-electron chi connectivity index (χ2n) is 6.99. The molecule has 28 heavy (non-hydrogen) atoms. The summed E-state index contributed by atoms with van der Waals surface area (Å²) in [5.41, 5.74) is 4.22. The highest BCUT2D eigenvalue weighted by Gasteiger charge is 2.24. The summed E-state index contributed by atoms with van der Waals surface area (Å²) < 4.78 is 0. The minimum absolute atomic E-state index is 0.181. The molecule has 1 fully saturated rings. The first-order valence-electron chi connectivity index (χ1n) is 9.46. The molecule has 1 amide bonds. The van der Waals surface area contributed by atoms with Crippen LogP contribution in [-0.4, -0.2) is 42.0 Å². The fourth-order valence-corrected chi connectivity index (χ4v) is 3.75. The Hall–Kier alpha value is -3.52. The van der Waals surface area contributed by atoms with E-state index < -0.39 is 0 Å². The van der Waals surface area contributed by atoms with Gasteiger partial charge in [-0.05, 0) is 31.2 Å². The van der Waals surface area contributed by atoms with Gasteiger partial charge in [0, 0.05) is 54.0 Å². The standard InChI is InChI=1S/C23H22N4O/c1-17-21(20-9-5-6-10-22(20)25-17)15-18(16-24)23(28)27-13-11-26(12-14-27)19-7-3-2-4-8-19/h2-10,15,25H,11-14H2,1H3/b18-15-. The number of carbonyl (C=O) groups is 1. The van der Waals surface area contributed by atoms with E-state index in [1.165, 1.54) is 5.69 Å². The van der Waals surface area contributed by atoms with Crippen LogP contribution in [0.4, 0.5) is 5.69 Å². The third kappa shape index (κ3) is 3.37. The maximum atomic E-state index is 13.0. The zero-order valence-corrected chi connectivity index (χ0v) is 15.9. The predicted molar refractivity (Wildman–Crippen MR) is 112 cm³/mol. The number of aromatic nitrogens is 1. The maximum absolute atomic E-state index is 13.0. The third-order valence-corrected chi connectivity index (χ3v) is 5.27. The number of aromatic amines is 1. The van der Waals surface area contributed by atoms with E-state index in [4.69, 9.17) is 0 Å². The summed E-state index contributed by atoms with van der Waals surface area (Å²) in [4.78, 5) is 20.3. The average Bonchev–Trinajstić information content (AvgIpc) is 3.07. The number of anilines is 1. The summed E-state index contributed by atoms with van der Waals surface area (Å²) in [7, 11) is 0. The quantitative estimate of drug-likeness (QED) is 0.564. The molecule has 1 aliphatic rings.